The van der Waals surface area contributed by atoms with Crippen LogP contribution in [0.2, 0.25) is 0 Å². The molecule has 0 fully saturated rings. The maximum atomic E-state index is 13.5. The van der Waals surface area contributed by atoms with Gasteiger partial charge in [0.25, 0.3) is 0 Å². The second kappa shape index (κ2) is 10.4. The van der Waals surface area contributed by atoms with Crippen LogP contribution < -0.4 is 5.32 Å². The van der Waals surface area contributed by atoms with Crippen molar-refractivity contribution in [2.45, 2.75) is 65.1 Å². The van der Waals surface area contributed by atoms with Crippen LogP contribution in [0.1, 0.15) is 51.7 Å². The largest absolute Gasteiger partial charge is 0.350 e. The molecule has 0 aliphatic rings. The van der Waals surface area contributed by atoms with E-state index in [0.29, 0.717) is 25.8 Å². The van der Waals surface area contributed by atoms with E-state index < -0.39 is 6.04 Å². The van der Waals surface area contributed by atoms with E-state index in [1.807, 2.05) is 76.2 Å². The lowest BCUT2D eigenvalue weighted by Crippen LogP contribution is -2.53. The molecule has 0 aromatic heterocycles. The van der Waals surface area contributed by atoms with E-state index in [1.54, 1.807) is 4.90 Å². The number of hydrogen-bond donors (Lipinski definition) is 1. The van der Waals surface area contributed by atoms with Crippen molar-refractivity contribution in [1.29, 1.82) is 0 Å². The first-order valence-corrected chi connectivity index (χ1v) is 11.4. The van der Waals surface area contributed by atoms with Crippen molar-refractivity contribution < 1.29 is 9.59 Å². The molecule has 168 valence electrons. The van der Waals surface area contributed by atoms with Crippen LogP contribution in [0, 0.1) is 0 Å². The van der Waals surface area contributed by atoms with Gasteiger partial charge in [-0.1, -0.05) is 79.7 Å². The second-order valence-corrected chi connectivity index (χ2v) is 9.31. The van der Waals surface area contributed by atoms with Crippen LogP contribution in [0.4, 0.5) is 0 Å². The van der Waals surface area contributed by atoms with E-state index in [0.717, 1.165) is 11.1 Å². The highest BCUT2D eigenvalue weighted by Crippen LogP contribution is 2.21. The van der Waals surface area contributed by atoms with Crippen LogP contribution in [0.25, 0.3) is 10.8 Å². The molecule has 0 radical (unpaired) electrons. The molecule has 0 aliphatic heterocycles. The minimum absolute atomic E-state index is 0.00213. The lowest BCUT2D eigenvalue weighted by atomic mass is 10.00. The van der Waals surface area contributed by atoms with Gasteiger partial charge in [0.15, 0.2) is 0 Å². The molecule has 32 heavy (non-hydrogen) atoms. The molecule has 0 spiro atoms. The van der Waals surface area contributed by atoms with Gasteiger partial charge in [-0.15, -0.1) is 0 Å². The molecular weight excluding hydrogens is 396 g/mol. The van der Waals surface area contributed by atoms with Crippen molar-refractivity contribution in [3.8, 4) is 0 Å². The highest BCUT2D eigenvalue weighted by atomic mass is 16.2. The lowest BCUT2D eigenvalue weighted by Gasteiger charge is -2.33. The minimum Gasteiger partial charge on any atom is -0.350 e. The van der Waals surface area contributed by atoms with Gasteiger partial charge in [0.1, 0.15) is 6.04 Å². The Morgan fingerprint density at radius 1 is 0.906 bits per heavy atom. The van der Waals surface area contributed by atoms with E-state index in [2.05, 4.69) is 29.6 Å². The van der Waals surface area contributed by atoms with Crippen molar-refractivity contribution in [3.63, 3.8) is 0 Å². The van der Waals surface area contributed by atoms with Gasteiger partial charge in [0, 0.05) is 18.5 Å². The molecule has 0 saturated carbocycles. The molecule has 3 aromatic carbocycles. The van der Waals surface area contributed by atoms with Gasteiger partial charge in [-0.2, -0.15) is 0 Å². The average molecular weight is 431 g/mol. The Morgan fingerprint density at radius 2 is 1.56 bits per heavy atom. The van der Waals surface area contributed by atoms with Crippen molar-refractivity contribution in [1.82, 2.24) is 10.2 Å². The van der Waals surface area contributed by atoms with Crippen LogP contribution in [-0.4, -0.2) is 28.3 Å². The Kier molecular flexibility index (Phi) is 7.68. The summed E-state index contributed by atoms with van der Waals surface area (Å²) in [4.78, 5) is 28.3. The van der Waals surface area contributed by atoms with Gasteiger partial charge in [0.2, 0.25) is 11.8 Å². The summed E-state index contributed by atoms with van der Waals surface area (Å²) in [6, 6.07) is 23.8. The molecule has 0 saturated heterocycles. The lowest BCUT2D eigenvalue weighted by molar-refractivity contribution is -0.142. The summed E-state index contributed by atoms with van der Waals surface area (Å²) in [6.45, 7) is 8.26. The Morgan fingerprint density at radius 3 is 2.25 bits per heavy atom. The Hall–Kier alpha value is -3.14. The first-order valence-electron chi connectivity index (χ1n) is 11.4. The highest BCUT2D eigenvalue weighted by Gasteiger charge is 2.30. The van der Waals surface area contributed by atoms with Crippen molar-refractivity contribution >= 4 is 22.6 Å². The monoisotopic (exact) mass is 430 g/mol. The number of carbonyl (C=O) groups is 2. The van der Waals surface area contributed by atoms with Crippen LogP contribution in [0.3, 0.4) is 0 Å². The third-order valence-corrected chi connectivity index (χ3v) is 5.57. The number of hydrogen-bond acceptors (Lipinski definition) is 2. The number of nitrogens with zero attached hydrogens (tertiary/aromatic N) is 1. The van der Waals surface area contributed by atoms with Crippen molar-refractivity contribution in [2.24, 2.45) is 0 Å². The average Bonchev–Trinajstić information content (AvgIpc) is 2.76. The van der Waals surface area contributed by atoms with E-state index in [4.69, 9.17) is 0 Å². The number of carbonyl (C=O) groups excluding carboxylic acids is 2. The zero-order valence-corrected chi connectivity index (χ0v) is 19.6. The summed E-state index contributed by atoms with van der Waals surface area (Å²) in [6.07, 6.45) is 1.57. The summed E-state index contributed by atoms with van der Waals surface area (Å²) in [5.74, 6) is -0.105. The first kappa shape index (κ1) is 23.5. The molecule has 2 amide bonds. The van der Waals surface area contributed by atoms with E-state index in [9.17, 15) is 9.59 Å². The standard InChI is InChI=1S/C28H34N2O2/c1-5-25(27(32)29-28(2,3)4)30(20-21-12-7-6-8-13-21)26(31)19-18-23-16-11-15-22-14-9-10-17-24(22)23/h6-17,25H,5,18-20H2,1-4H3,(H,29,32)/t25-/m1/s1. The Balaban J connectivity index is 1.82. The van der Waals surface area contributed by atoms with E-state index >= 15 is 0 Å². The molecule has 4 nitrogen and oxygen atoms in total. The molecule has 0 unspecified atom stereocenters. The van der Waals surface area contributed by atoms with Crippen LogP contribution in [0.15, 0.2) is 72.8 Å². The third kappa shape index (κ3) is 6.19. The topological polar surface area (TPSA) is 49.4 Å². The number of aryl methyl sites for hydroxylation is 1. The van der Waals surface area contributed by atoms with Crippen molar-refractivity contribution in [3.05, 3.63) is 83.9 Å². The predicted molar refractivity (Wildman–Crippen MR) is 131 cm³/mol. The van der Waals surface area contributed by atoms with Gasteiger partial charge < -0.3 is 10.2 Å². The first-order chi connectivity index (χ1) is 15.3. The molecule has 1 N–H and O–H groups in total. The zero-order valence-electron chi connectivity index (χ0n) is 19.6. The van der Waals surface area contributed by atoms with Crippen LogP contribution in [0.5, 0.6) is 0 Å². The van der Waals surface area contributed by atoms with E-state index in [-0.39, 0.29) is 17.4 Å². The molecule has 0 bridgehead atoms. The Bertz CT molecular complexity index is 1050. The number of fused-ring (bicyclic) bond motifs is 1. The third-order valence-electron chi connectivity index (χ3n) is 5.57. The Labute approximate surface area is 191 Å². The SMILES string of the molecule is CC[C@H](C(=O)NC(C)(C)C)N(Cc1ccccc1)C(=O)CCc1cccc2ccccc12. The predicted octanol–water partition coefficient (Wildman–Crippen LogP) is 5.49. The minimum atomic E-state index is -0.505. The van der Waals surface area contributed by atoms with Gasteiger partial charge in [-0.3, -0.25) is 9.59 Å². The molecule has 3 aromatic rings. The maximum absolute atomic E-state index is 13.5. The highest BCUT2D eigenvalue weighted by molar-refractivity contribution is 5.89. The molecule has 1 atom stereocenters. The fourth-order valence-corrected chi connectivity index (χ4v) is 4.05. The second-order valence-electron chi connectivity index (χ2n) is 9.31. The molecular formula is C28H34N2O2. The molecule has 3 rings (SSSR count). The molecule has 0 aliphatic carbocycles. The van der Waals surface area contributed by atoms with Crippen LogP contribution >= 0.6 is 0 Å². The molecule has 0 heterocycles. The van der Waals surface area contributed by atoms with Gasteiger partial charge in [0.05, 0.1) is 0 Å². The smallest absolute Gasteiger partial charge is 0.243 e. The summed E-state index contributed by atoms with van der Waals surface area (Å²) < 4.78 is 0. The summed E-state index contributed by atoms with van der Waals surface area (Å²) in [5.41, 5.74) is 1.82. The van der Waals surface area contributed by atoms with Gasteiger partial charge in [-0.25, -0.2) is 0 Å². The quantitative estimate of drug-likeness (QED) is 0.513. The van der Waals surface area contributed by atoms with Crippen LogP contribution in [-0.2, 0) is 22.6 Å². The fourth-order valence-electron chi connectivity index (χ4n) is 4.05. The molecule has 4 heteroatoms. The number of amides is 2. The van der Waals surface area contributed by atoms with E-state index in [1.165, 1.54) is 10.8 Å². The normalized spacial score (nSPS) is 12.4. The summed E-state index contributed by atoms with van der Waals surface area (Å²) >= 11 is 0. The number of nitrogens with one attached hydrogen (secondary N) is 1. The van der Waals surface area contributed by atoms with Gasteiger partial charge in [-0.05, 0) is 55.5 Å². The summed E-state index contributed by atoms with van der Waals surface area (Å²) in [7, 11) is 0. The zero-order chi connectivity index (χ0) is 23.1. The van der Waals surface area contributed by atoms with Gasteiger partial charge >= 0.3 is 0 Å². The fraction of sp³-hybridized carbons (Fsp3) is 0.357. The van der Waals surface area contributed by atoms with Crippen molar-refractivity contribution in [2.75, 3.05) is 0 Å². The maximum Gasteiger partial charge on any atom is 0.243 e. The number of rotatable bonds is 8. The summed E-state index contributed by atoms with van der Waals surface area (Å²) in [5, 5.41) is 5.41. The number of benzene rings is 3.